The van der Waals surface area contributed by atoms with Crippen molar-refractivity contribution in [1.29, 1.82) is 0 Å². The molecule has 0 aromatic heterocycles. The molecule has 25 heavy (non-hydrogen) atoms. The van der Waals surface area contributed by atoms with E-state index in [1.807, 2.05) is 0 Å². The minimum Gasteiger partial charge on any atom is -0.469 e. The highest BCUT2D eigenvalue weighted by Crippen LogP contribution is 2.24. The molecule has 2 rings (SSSR count). The SMILES string of the molecule is COC(=O)C(C)CN(C(=O)c1ccc(F)cc1)C1CCCCCCC1. The number of rotatable bonds is 5. The van der Waals surface area contributed by atoms with E-state index in [1.165, 1.54) is 50.6 Å². The van der Waals surface area contributed by atoms with E-state index in [0.717, 1.165) is 25.7 Å². The van der Waals surface area contributed by atoms with Gasteiger partial charge in [0.25, 0.3) is 5.91 Å². The second kappa shape index (κ2) is 9.54. The van der Waals surface area contributed by atoms with Crippen LogP contribution in [0.1, 0.15) is 62.2 Å². The van der Waals surface area contributed by atoms with Crippen LogP contribution >= 0.6 is 0 Å². The van der Waals surface area contributed by atoms with Gasteiger partial charge < -0.3 is 9.64 Å². The van der Waals surface area contributed by atoms with Gasteiger partial charge in [0.1, 0.15) is 5.82 Å². The average molecular weight is 349 g/mol. The van der Waals surface area contributed by atoms with E-state index in [0.29, 0.717) is 12.1 Å². The van der Waals surface area contributed by atoms with E-state index in [-0.39, 0.29) is 29.7 Å². The molecular formula is C20H28FNO3. The molecule has 0 spiro atoms. The van der Waals surface area contributed by atoms with Crippen molar-refractivity contribution in [1.82, 2.24) is 4.90 Å². The van der Waals surface area contributed by atoms with E-state index >= 15 is 0 Å². The van der Waals surface area contributed by atoms with Gasteiger partial charge in [-0.2, -0.15) is 0 Å². The summed E-state index contributed by atoms with van der Waals surface area (Å²) in [6.07, 6.45) is 7.68. The standard InChI is InChI=1S/C20H28FNO3/c1-15(20(24)25-2)14-22(18-8-6-4-3-5-7-9-18)19(23)16-10-12-17(21)13-11-16/h10-13,15,18H,3-9,14H2,1-2H3. The maximum absolute atomic E-state index is 13.2. The Morgan fingerprint density at radius 3 is 2.24 bits per heavy atom. The van der Waals surface area contributed by atoms with Crippen molar-refractivity contribution < 1.29 is 18.7 Å². The van der Waals surface area contributed by atoms with Crippen molar-refractivity contribution in [2.24, 2.45) is 5.92 Å². The summed E-state index contributed by atoms with van der Waals surface area (Å²) in [7, 11) is 1.36. The zero-order valence-corrected chi connectivity index (χ0v) is 15.2. The minimum atomic E-state index is -0.389. The van der Waals surface area contributed by atoms with Crippen molar-refractivity contribution >= 4 is 11.9 Å². The highest BCUT2D eigenvalue weighted by molar-refractivity contribution is 5.94. The smallest absolute Gasteiger partial charge is 0.310 e. The topological polar surface area (TPSA) is 46.6 Å². The number of methoxy groups -OCH3 is 1. The summed E-state index contributed by atoms with van der Waals surface area (Å²) < 4.78 is 18.0. The lowest BCUT2D eigenvalue weighted by atomic mass is 9.94. The molecule has 1 saturated carbocycles. The normalized spacial score (nSPS) is 17.2. The monoisotopic (exact) mass is 349 g/mol. The number of carbonyl (C=O) groups is 2. The number of halogens is 1. The quantitative estimate of drug-likeness (QED) is 0.749. The maximum Gasteiger partial charge on any atom is 0.310 e. The van der Waals surface area contributed by atoms with E-state index in [2.05, 4.69) is 0 Å². The summed E-state index contributed by atoms with van der Waals surface area (Å²) >= 11 is 0. The van der Waals surface area contributed by atoms with Crippen LogP contribution in [0.4, 0.5) is 4.39 Å². The number of amides is 1. The molecule has 0 aliphatic heterocycles. The molecule has 0 bridgehead atoms. The molecule has 1 aliphatic rings. The van der Waals surface area contributed by atoms with E-state index in [4.69, 9.17) is 4.74 Å². The summed E-state index contributed by atoms with van der Waals surface area (Å²) in [6, 6.07) is 5.73. The molecule has 1 aromatic rings. The summed E-state index contributed by atoms with van der Waals surface area (Å²) in [5.74, 6) is -1.21. The molecule has 0 heterocycles. The van der Waals surface area contributed by atoms with Gasteiger partial charge >= 0.3 is 5.97 Å². The molecular weight excluding hydrogens is 321 g/mol. The van der Waals surface area contributed by atoms with Crippen molar-refractivity contribution in [3.05, 3.63) is 35.6 Å². The second-order valence-electron chi connectivity index (χ2n) is 6.89. The largest absolute Gasteiger partial charge is 0.469 e. The summed E-state index contributed by atoms with van der Waals surface area (Å²) in [6.45, 7) is 2.10. The van der Waals surface area contributed by atoms with E-state index in [9.17, 15) is 14.0 Å². The molecule has 1 unspecified atom stereocenters. The van der Waals surface area contributed by atoms with Gasteiger partial charge in [0.15, 0.2) is 0 Å². The third kappa shape index (κ3) is 5.55. The lowest BCUT2D eigenvalue weighted by Gasteiger charge is -2.34. The number of hydrogen-bond acceptors (Lipinski definition) is 3. The van der Waals surface area contributed by atoms with Crippen molar-refractivity contribution in [2.45, 2.75) is 57.9 Å². The zero-order chi connectivity index (χ0) is 18.2. The van der Waals surface area contributed by atoms with Crippen LogP contribution in [0, 0.1) is 11.7 Å². The Morgan fingerprint density at radius 1 is 1.12 bits per heavy atom. The Labute approximate surface area is 149 Å². The van der Waals surface area contributed by atoms with Gasteiger partial charge in [-0.3, -0.25) is 9.59 Å². The Bertz CT molecular complexity index is 565. The lowest BCUT2D eigenvalue weighted by molar-refractivity contribution is -0.145. The summed E-state index contributed by atoms with van der Waals surface area (Å²) in [5.41, 5.74) is 0.459. The predicted octanol–water partition coefficient (Wildman–Crippen LogP) is 4.19. The third-order valence-electron chi connectivity index (χ3n) is 4.94. The molecule has 4 nitrogen and oxygen atoms in total. The van der Waals surface area contributed by atoms with Crippen molar-refractivity contribution in [2.75, 3.05) is 13.7 Å². The number of esters is 1. The van der Waals surface area contributed by atoms with Crippen LogP contribution in [-0.4, -0.2) is 36.5 Å². The Morgan fingerprint density at radius 2 is 1.68 bits per heavy atom. The third-order valence-corrected chi connectivity index (χ3v) is 4.94. The van der Waals surface area contributed by atoms with Crippen LogP contribution in [0.3, 0.4) is 0 Å². The van der Waals surface area contributed by atoms with Crippen LogP contribution in [0.2, 0.25) is 0 Å². The zero-order valence-electron chi connectivity index (χ0n) is 15.2. The van der Waals surface area contributed by atoms with Crippen LogP contribution < -0.4 is 0 Å². The Kier molecular flexibility index (Phi) is 7.41. The summed E-state index contributed by atoms with van der Waals surface area (Å²) in [5, 5.41) is 0. The van der Waals surface area contributed by atoms with E-state index in [1.54, 1.807) is 11.8 Å². The van der Waals surface area contributed by atoms with Crippen LogP contribution in [-0.2, 0) is 9.53 Å². The summed E-state index contributed by atoms with van der Waals surface area (Å²) in [4.78, 5) is 26.7. The van der Waals surface area contributed by atoms with Gasteiger partial charge in [-0.05, 0) is 37.1 Å². The van der Waals surface area contributed by atoms with Gasteiger partial charge in [-0.25, -0.2) is 4.39 Å². The Hall–Kier alpha value is -1.91. The van der Waals surface area contributed by atoms with Crippen molar-refractivity contribution in [3.63, 3.8) is 0 Å². The molecule has 0 radical (unpaired) electrons. The molecule has 0 saturated heterocycles. The van der Waals surface area contributed by atoms with Gasteiger partial charge in [-0.15, -0.1) is 0 Å². The first kappa shape index (κ1) is 19.4. The highest BCUT2D eigenvalue weighted by atomic mass is 19.1. The first-order valence-electron chi connectivity index (χ1n) is 9.17. The van der Waals surface area contributed by atoms with Gasteiger partial charge in [0.2, 0.25) is 0 Å². The number of benzene rings is 1. The maximum atomic E-state index is 13.2. The number of carbonyl (C=O) groups excluding carboxylic acids is 2. The van der Waals surface area contributed by atoms with Gasteiger partial charge in [0, 0.05) is 18.2 Å². The molecule has 1 fully saturated rings. The fraction of sp³-hybridized carbons (Fsp3) is 0.600. The number of nitrogens with zero attached hydrogens (tertiary/aromatic N) is 1. The van der Waals surface area contributed by atoms with Crippen molar-refractivity contribution in [3.8, 4) is 0 Å². The molecule has 1 aliphatic carbocycles. The fourth-order valence-corrected chi connectivity index (χ4v) is 3.47. The minimum absolute atomic E-state index is 0.116. The molecule has 1 atom stereocenters. The molecule has 0 N–H and O–H groups in total. The van der Waals surface area contributed by atoms with Crippen LogP contribution in [0.15, 0.2) is 24.3 Å². The number of ether oxygens (including phenoxy) is 1. The van der Waals surface area contributed by atoms with Crippen LogP contribution in [0.5, 0.6) is 0 Å². The predicted molar refractivity (Wildman–Crippen MR) is 94.7 cm³/mol. The number of hydrogen-bond donors (Lipinski definition) is 0. The molecule has 1 amide bonds. The molecule has 138 valence electrons. The molecule has 5 heteroatoms. The van der Waals surface area contributed by atoms with E-state index < -0.39 is 0 Å². The fourth-order valence-electron chi connectivity index (χ4n) is 3.47. The first-order chi connectivity index (χ1) is 12.0. The second-order valence-corrected chi connectivity index (χ2v) is 6.89. The van der Waals surface area contributed by atoms with Crippen LogP contribution in [0.25, 0.3) is 0 Å². The average Bonchev–Trinajstić information content (AvgIpc) is 2.59. The van der Waals surface area contributed by atoms with Gasteiger partial charge in [0.05, 0.1) is 13.0 Å². The molecule has 1 aromatic carbocycles. The Balaban J connectivity index is 2.21. The highest BCUT2D eigenvalue weighted by Gasteiger charge is 2.28. The van der Waals surface area contributed by atoms with Gasteiger partial charge in [-0.1, -0.05) is 39.0 Å². The first-order valence-corrected chi connectivity index (χ1v) is 9.17. The lowest BCUT2D eigenvalue weighted by Crippen LogP contribution is -2.44.